The third kappa shape index (κ3) is 4.60. The van der Waals surface area contributed by atoms with Gasteiger partial charge in [-0.15, -0.1) is 12.4 Å². The van der Waals surface area contributed by atoms with Crippen LogP contribution in [0.4, 0.5) is 0 Å². The summed E-state index contributed by atoms with van der Waals surface area (Å²) < 4.78 is 5.73. The number of hydrogen-bond acceptors (Lipinski definition) is 4. The van der Waals surface area contributed by atoms with Crippen LogP contribution in [0.3, 0.4) is 0 Å². The van der Waals surface area contributed by atoms with Gasteiger partial charge in [0.05, 0.1) is 6.10 Å². The van der Waals surface area contributed by atoms with E-state index in [2.05, 4.69) is 5.32 Å². The lowest BCUT2D eigenvalue weighted by atomic mass is 9.54. The van der Waals surface area contributed by atoms with Crippen molar-refractivity contribution in [1.29, 1.82) is 0 Å². The summed E-state index contributed by atoms with van der Waals surface area (Å²) in [6.07, 6.45) is 1.94. The number of nitrogens with two attached hydrogens (primary N) is 1. The van der Waals surface area contributed by atoms with Crippen molar-refractivity contribution in [3.63, 3.8) is 0 Å². The molecule has 2 aliphatic rings. The van der Waals surface area contributed by atoms with Gasteiger partial charge < -0.3 is 20.7 Å². The first-order chi connectivity index (χ1) is 13.3. The van der Waals surface area contributed by atoms with Crippen LogP contribution in [-0.2, 0) is 20.9 Å². The molecule has 0 bridgehead atoms. The van der Waals surface area contributed by atoms with E-state index in [1.807, 2.05) is 56.0 Å². The topological polar surface area (TPSA) is 84.7 Å². The lowest BCUT2D eigenvalue weighted by molar-refractivity contribution is -0.180. The molecule has 29 heavy (non-hydrogen) atoms. The Morgan fingerprint density at radius 2 is 1.83 bits per heavy atom. The van der Waals surface area contributed by atoms with Crippen LogP contribution in [0.25, 0.3) is 0 Å². The molecule has 0 radical (unpaired) electrons. The molecule has 2 atom stereocenters. The minimum Gasteiger partial charge on any atom is -0.378 e. The summed E-state index contributed by atoms with van der Waals surface area (Å²) in [6, 6.07) is 9.89. The Morgan fingerprint density at radius 1 is 1.21 bits per heavy atom. The van der Waals surface area contributed by atoms with Crippen molar-refractivity contribution in [2.75, 3.05) is 19.7 Å². The maximum Gasteiger partial charge on any atom is 0.243 e. The van der Waals surface area contributed by atoms with Gasteiger partial charge in [0, 0.05) is 44.0 Å². The maximum atomic E-state index is 13.1. The molecule has 1 heterocycles. The molecule has 6 nitrogen and oxygen atoms in total. The zero-order valence-electron chi connectivity index (χ0n) is 17.6. The molecule has 1 aliphatic carbocycles. The average molecular weight is 424 g/mol. The molecule has 1 aromatic rings. The first-order valence-corrected chi connectivity index (χ1v) is 10.3. The van der Waals surface area contributed by atoms with Crippen molar-refractivity contribution in [1.82, 2.24) is 10.2 Å². The van der Waals surface area contributed by atoms with Gasteiger partial charge in [-0.05, 0) is 25.3 Å². The Hall–Kier alpha value is -1.63. The molecule has 2 fully saturated rings. The zero-order valence-corrected chi connectivity index (χ0v) is 18.5. The molecule has 3 N–H and O–H groups in total. The molecular formula is C22H34ClN3O3. The maximum absolute atomic E-state index is 13.1. The number of halogens is 1. The average Bonchev–Trinajstić information content (AvgIpc) is 2.72. The fraction of sp³-hybridized carbons (Fsp3) is 0.636. The predicted octanol–water partition coefficient (Wildman–Crippen LogP) is 2.50. The van der Waals surface area contributed by atoms with E-state index in [-0.39, 0.29) is 41.7 Å². The van der Waals surface area contributed by atoms with Crippen molar-refractivity contribution >= 4 is 24.2 Å². The standard InChI is InChI=1S/C22H33N3O3.ClH/c1-4-28-18-14-22(23,21(18,2)3)20(27)25-12-10-17(11-13-25)19(26)24-15-16-8-6-5-7-9-16;/h5-9,17-18H,4,10-15,23H2,1-3H3,(H,24,26);1H. The molecule has 1 aromatic carbocycles. The van der Waals surface area contributed by atoms with Gasteiger partial charge in [-0.2, -0.15) is 0 Å². The fourth-order valence-corrected chi connectivity index (χ4v) is 4.35. The van der Waals surface area contributed by atoms with Gasteiger partial charge in [-0.1, -0.05) is 44.2 Å². The molecule has 3 rings (SSSR count). The third-order valence-electron chi connectivity index (χ3n) is 6.67. The van der Waals surface area contributed by atoms with Gasteiger partial charge in [0.25, 0.3) is 0 Å². The number of likely N-dealkylation sites (tertiary alicyclic amines) is 1. The first kappa shape index (κ1) is 23.6. The number of carbonyl (C=O) groups excluding carboxylic acids is 2. The number of rotatable bonds is 6. The van der Waals surface area contributed by atoms with Crippen molar-refractivity contribution in [2.45, 2.75) is 58.2 Å². The summed E-state index contributed by atoms with van der Waals surface area (Å²) in [7, 11) is 0. The highest BCUT2D eigenvalue weighted by Crippen LogP contribution is 2.50. The number of benzene rings is 1. The summed E-state index contributed by atoms with van der Waals surface area (Å²) in [5.74, 6) is 0.0162. The van der Waals surface area contributed by atoms with Gasteiger partial charge >= 0.3 is 0 Å². The number of carbonyl (C=O) groups is 2. The number of ether oxygens (including phenoxy) is 1. The van der Waals surface area contributed by atoms with Crippen LogP contribution in [0.15, 0.2) is 30.3 Å². The van der Waals surface area contributed by atoms with E-state index in [0.717, 1.165) is 5.56 Å². The Labute approximate surface area is 179 Å². The summed E-state index contributed by atoms with van der Waals surface area (Å²) in [5.41, 5.74) is 6.35. The number of nitrogens with one attached hydrogen (secondary N) is 1. The summed E-state index contributed by atoms with van der Waals surface area (Å²) in [5, 5.41) is 3.01. The number of amides is 2. The van der Waals surface area contributed by atoms with Crippen LogP contribution in [0, 0.1) is 11.3 Å². The van der Waals surface area contributed by atoms with Crippen LogP contribution >= 0.6 is 12.4 Å². The van der Waals surface area contributed by atoms with Gasteiger partial charge in [0.1, 0.15) is 5.54 Å². The smallest absolute Gasteiger partial charge is 0.243 e. The Morgan fingerprint density at radius 3 is 2.38 bits per heavy atom. The van der Waals surface area contributed by atoms with Gasteiger partial charge in [-0.25, -0.2) is 0 Å². The first-order valence-electron chi connectivity index (χ1n) is 10.3. The molecule has 0 spiro atoms. The largest absolute Gasteiger partial charge is 0.378 e. The van der Waals surface area contributed by atoms with E-state index >= 15 is 0 Å². The van der Waals surface area contributed by atoms with Crippen molar-refractivity contribution < 1.29 is 14.3 Å². The Kier molecular flexibility index (Phi) is 7.71. The second-order valence-corrected chi connectivity index (χ2v) is 8.61. The molecule has 0 aromatic heterocycles. The normalized spacial score (nSPS) is 26.2. The molecule has 1 aliphatic heterocycles. The van der Waals surface area contributed by atoms with E-state index in [0.29, 0.717) is 45.5 Å². The van der Waals surface area contributed by atoms with Gasteiger partial charge in [0.2, 0.25) is 11.8 Å². The Bertz CT molecular complexity index is 705. The molecule has 1 saturated heterocycles. The minimum absolute atomic E-state index is 0. The summed E-state index contributed by atoms with van der Waals surface area (Å²) in [4.78, 5) is 27.4. The number of nitrogens with zero attached hydrogens (tertiary/aromatic N) is 1. The fourth-order valence-electron chi connectivity index (χ4n) is 4.35. The van der Waals surface area contributed by atoms with Crippen LogP contribution < -0.4 is 11.1 Å². The lowest BCUT2D eigenvalue weighted by Gasteiger charge is -2.59. The number of hydrogen-bond donors (Lipinski definition) is 2. The van der Waals surface area contributed by atoms with E-state index in [1.165, 1.54) is 0 Å². The van der Waals surface area contributed by atoms with E-state index in [9.17, 15) is 9.59 Å². The van der Waals surface area contributed by atoms with Crippen LogP contribution in [0.2, 0.25) is 0 Å². The molecule has 7 heteroatoms. The van der Waals surface area contributed by atoms with Crippen LogP contribution in [0.5, 0.6) is 0 Å². The SMILES string of the molecule is CCOC1CC(N)(C(=O)N2CCC(C(=O)NCc3ccccc3)CC2)C1(C)C.Cl. The lowest BCUT2D eigenvalue weighted by Crippen LogP contribution is -2.76. The van der Waals surface area contributed by atoms with Gasteiger partial charge in [-0.3, -0.25) is 9.59 Å². The highest BCUT2D eigenvalue weighted by atomic mass is 35.5. The minimum atomic E-state index is -0.880. The van der Waals surface area contributed by atoms with Crippen molar-refractivity contribution in [2.24, 2.45) is 17.1 Å². The van der Waals surface area contributed by atoms with Crippen LogP contribution in [-0.4, -0.2) is 48.1 Å². The monoisotopic (exact) mass is 423 g/mol. The second kappa shape index (κ2) is 9.45. The van der Waals surface area contributed by atoms with Crippen LogP contribution in [0.1, 0.15) is 45.6 Å². The second-order valence-electron chi connectivity index (χ2n) is 8.61. The third-order valence-corrected chi connectivity index (χ3v) is 6.67. The van der Waals surface area contributed by atoms with Gasteiger partial charge in [0.15, 0.2) is 0 Å². The van der Waals surface area contributed by atoms with Crippen molar-refractivity contribution in [3.8, 4) is 0 Å². The summed E-state index contributed by atoms with van der Waals surface area (Å²) >= 11 is 0. The van der Waals surface area contributed by atoms with E-state index < -0.39 is 5.54 Å². The molecule has 2 unspecified atom stereocenters. The van der Waals surface area contributed by atoms with E-state index in [1.54, 1.807) is 0 Å². The predicted molar refractivity (Wildman–Crippen MR) is 116 cm³/mol. The highest BCUT2D eigenvalue weighted by molar-refractivity contribution is 5.89. The van der Waals surface area contributed by atoms with E-state index in [4.69, 9.17) is 10.5 Å². The molecule has 162 valence electrons. The molecule has 2 amide bonds. The zero-order chi connectivity index (χ0) is 20.4. The quantitative estimate of drug-likeness (QED) is 0.736. The molecular weight excluding hydrogens is 390 g/mol. The Balaban J connectivity index is 0.00000300. The molecule has 1 saturated carbocycles. The van der Waals surface area contributed by atoms with Crippen molar-refractivity contribution in [3.05, 3.63) is 35.9 Å². The number of piperidine rings is 1. The summed E-state index contributed by atoms with van der Waals surface area (Å²) in [6.45, 7) is 8.31. The highest BCUT2D eigenvalue weighted by Gasteiger charge is 2.63.